The van der Waals surface area contributed by atoms with Crippen LogP contribution in [0.15, 0.2) is 0 Å². The standard InChI is InChI=1S/C12H18O/c1-5-7-9-11-13-12(3,4)10-8-6-2/h5-6,11H2,1-4H3. The van der Waals surface area contributed by atoms with Gasteiger partial charge < -0.3 is 4.74 Å². The third-order valence-corrected chi connectivity index (χ3v) is 1.37. The van der Waals surface area contributed by atoms with Crippen molar-refractivity contribution in [2.45, 2.75) is 46.1 Å². The van der Waals surface area contributed by atoms with Crippen LogP contribution in [0.5, 0.6) is 0 Å². The van der Waals surface area contributed by atoms with Gasteiger partial charge >= 0.3 is 0 Å². The Morgan fingerprint density at radius 1 is 1.00 bits per heavy atom. The quantitative estimate of drug-likeness (QED) is 0.591. The van der Waals surface area contributed by atoms with Crippen molar-refractivity contribution < 1.29 is 4.74 Å². The lowest BCUT2D eigenvalue weighted by atomic mass is 10.1. The molecule has 0 aliphatic carbocycles. The molecule has 0 saturated carbocycles. The van der Waals surface area contributed by atoms with E-state index in [4.69, 9.17) is 4.74 Å². The van der Waals surface area contributed by atoms with E-state index in [-0.39, 0.29) is 5.60 Å². The molecule has 0 unspecified atom stereocenters. The minimum atomic E-state index is -0.363. The van der Waals surface area contributed by atoms with Crippen molar-refractivity contribution in [1.82, 2.24) is 0 Å². The molecule has 1 nitrogen and oxygen atoms in total. The van der Waals surface area contributed by atoms with Crippen LogP contribution < -0.4 is 0 Å². The summed E-state index contributed by atoms with van der Waals surface area (Å²) < 4.78 is 5.49. The Kier molecular flexibility index (Phi) is 6.11. The Labute approximate surface area is 81.9 Å². The molecular formula is C12H18O. The molecule has 0 aromatic heterocycles. The predicted molar refractivity (Wildman–Crippen MR) is 56.2 cm³/mol. The fourth-order valence-corrected chi connectivity index (χ4v) is 0.730. The summed E-state index contributed by atoms with van der Waals surface area (Å²) >= 11 is 0. The number of hydrogen-bond acceptors (Lipinski definition) is 1. The summed E-state index contributed by atoms with van der Waals surface area (Å²) in [6, 6.07) is 0. The number of rotatable bonds is 2. The minimum absolute atomic E-state index is 0.363. The zero-order valence-electron chi connectivity index (χ0n) is 9.03. The zero-order chi connectivity index (χ0) is 10.2. The maximum Gasteiger partial charge on any atom is 0.124 e. The van der Waals surface area contributed by atoms with Crippen LogP contribution in [0.2, 0.25) is 0 Å². The summed E-state index contributed by atoms with van der Waals surface area (Å²) in [5.74, 6) is 11.9. The second kappa shape index (κ2) is 6.58. The molecule has 0 rings (SSSR count). The molecule has 1 heteroatoms. The average Bonchev–Trinajstić information content (AvgIpc) is 2.09. The van der Waals surface area contributed by atoms with E-state index < -0.39 is 0 Å². The molecule has 0 fully saturated rings. The summed E-state index contributed by atoms with van der Waals surface area (Å²) in [5.41, 5.74) is -0.363. The van der Waals surface area contributed by atoms with Gasteiger partial charge in [-0.05, 0) is 13.8 Å². The van der Waals surface area contributed by atoms with E-state index >= 15 is 0 Å². The number of ether oxygens (including phenoxy) is 1. The van der Waals surface area contributed by atoms with Gasteiger partial charge in [0.25, 0.3) is 0 Å². The van der Waals surface area contributed by atoms with Gasteiger partial charge in [-0.3, -0.25) is 0 Å². The molecule has 0 aromatic carbocycles. The topological polar surface area (TPSA) is 9.23 Å². The van der Waals surface area contributed by atoms with Crippen LogP contribution in [0.25, 0.3) is 0 Å². The monoisotopic (exact) mass is 178 g/mol. The highest BCUT2D eigenvalue weighted by Crippen LogP contribution is 2.06. The normalized spacial score (nSPS) is 9.54. The van der Waals surface area contributed by atoms with Gasteiger partial charge in [0, 0.05) is 12.8 Å². The molecule has 0 N–H and O–H groups in total. The molecule has 0 radical (unpaired) electrons. The van der Waals surface area contributed by atoms with Crippen LogP contribution in [-0.2, 0) is 4.74 Å². The first-order valence-electron chi connectivity index (χ1n) is 4.72. The molecule has 0 aromatic rings. The number of hydrogen-bond donors (Lipinski definition) is 0. The van der Waals surface area contributed by atoms with Crippen molar-refractivity contribution in [2.75, 3.05) is 6.61 Å². The molecule has 13 heavy (non-hydrogen) atoms. The molecule has 0 aliphatic rings. The summed E-state index contributed by atoms with van der Waals surface area (Å²) in [4.78, 5) is 0. The summed E-state index contributed by atoms with van der Waals surface area (Å²) in [6.07, 6.45) is 1.75. The molecule has 0 heterocycles. The smallest absolute Gasteiger partial charge is 0.124 e. The van der Waals surface area contributed by atoms with Crippen LogP contribution in [-0.4, -0.2) is 12.2 Å². The van der Waals surface area contributed by atoms with Crippen LogP contribution in [0.3, 0.4) is 0 Å². The first-order valence-corrected chi connectivity index (χ1v) is 4.72. The second-order valence-corrected chi connectivity index (χ2v) is 3.16. The average molecular weight is 178 g/mol. The van der Waals surface area contributed by atoms with Gasteiger partial charge in [0.2, 0.25) is 0 Å². The highest BCUT2D eigenvalue weighted by Gasteiger charge is 2.12. The largest absolute Gasteiger partial charge is 0.350 e. The van der Waals surface area contributed by atoms with Gasteiger partial charge in [0.05, 0.1) is 0 Å². The van der Waals surface area contributed by atoms with Gasteiger partial charge in [0.15, 0.2) is 0 Å². The Morgan fingerprint density at radius 3 is 2.15 bits per heavy atom. The summed E-state index contributed by atoms with van der Waals surface area (Å²) in [6.45, 7) is 8.45. The van der Waals surface area contributed by atoms with Crippen molar-refractivity contribution in [3.05, 3.63) is 0 Å². The predicted octanol–water partition coefficient (Wildman–Crippen LogP) is 2.61. The van der Waals surface area contributed by atoms with E-state index in [0.29, 0.717) is 6.61 Å². The van der Waals surface area contributed by atoms with Crippen LogP contribution in [0, 0.1) is 23.7 Å². The molecule has 0 amide bonds. The summed E-state index contributed by atoms with van der Waals surface area (Å²) in [7, 11) is 0. The van der Waals surface area contributed by atoms with Crippen molar-refractivity contribution in [3.8, 4) is 23.7 Å². The second-order valence-electron chi connectivity index (χ2n) is 3.16. The van der Waals surface area contributed by atoms with E-state index in [2.05, 4.69) is 23.7 Å². The Balaban J connectivity index is 3.88. The first kappa shape index (κ1) is 12.1. The fraction of sp³-hybridized carbons (Fsp3) is 0.667. The van der Waals surface area contributed by atoms with Gasteiger partial charge in [-0.15, -0.1) is 11.8 Å². The lowest BCUT2D eigenvalue weighted by Gasteiger charge is -2.16. The third kappa shape index (κ3) is 7.44. The van der Waals surface area contributed by atoms with Crippen LogP contribution in [0.4, 0.5) is 0 Å². The maximum atomic E-state index is 5.49. The van der Waals surface area contributed by atoms with Crippen molar-refractivity contribution >= 4 is 0 Å². The zero-order valence-corrected chi connectivity index (χ0v) is 9.03. The van der Waals surface area contributed by atoms with Crippen molar-refractivity contribution in [1.29, 1.82) is 0 Å². The first-order chi connectivity index (χ1) is 6.12. The Morgan fingerprint density at radius 2 is 1.62 bits per heavy atom. The van der Waals surface area contributed by atoms with E-state index in [1.807, 2.05) is 27.7 Å². The molecule has 72 valence electrons. The van der Waals surface area contributed by atoms with Gasteiger partial charge in [-0.25, -0.2) is 0 Å². The molecular weight excluding hydrogens is 160 g/mol. The Bertz CT molecular complexity index is 242. The van der Waals surface area contributed by atoms with Gasteiger partial charge in [-0.1, -0.05) is 25.7 Å². The van der Waals surface area contributed by atoms with Gasteiger partial charge in [-0.2, -0.15) is 0 Å². The van der Waals surface area contributed by atoms with E-state index in [1.165, 1.54) is 0 Å². The van der Waals surface area contributed by atoms with E-state index in [9.17, 15) is 0 Å². The van der Waals surface area contributed by atoms with Gasteiger partial charge in [0.1, 0.15) is 12.2 Å². The lowest BCUT2D eigenvalue weighted by Crippen LogP contribution is -2.22. The highest BCUT2D eigenvalue weighted by atomic mass is 16.5. The molecule has 0 aliphatic heterocycles. The molecule has 0 spiro atoms. The summed E-state index contributed by atoms with van der Waals surface area (Å²) in [5, 5.41) is 0. The van der Waals surface area contributed by atoms with Crippen molar-refractivity contribution in [2.24, 2.45) is 0 Å². The Hall–Kier alpha value is -0.920. The fourth-order valence-electron chi connectivity index (χ4n) is 0.730. The van der Waals surface area contributed by atoms with E-state index in [1.54, 1.807) is 0 Å². The third-order valence-electron chi connectivity index (χ3n) is 1.37. The molecule has 0 saturated heterocycles. The van der Waals surface area contributed by atoms with E-state index in [0.717, 1.165) is 12.8 Å². The van der Waals surface area contributed by atoms with Crippen LogP contribution in [0.1, 0.15) is 40.5 Å². The SMILES string of the molecule is CCC#CCOC(C)(C)C#CCC. The lowest BCUT2D eigenvalue weighted by molar-refractivity contribution is 0.0503. The van der Waals surface area contributed by atoms with Crippen LogP contribution >= 0.6 is 0 Å². The molecule has 0 atom stereocenters. The van der Waals surface area contributed by atoms with Crippen molar-refractivity contribution in [3.63, 3.8) is 0 Å². The highest BCUT2D eigenvalue weighted by molar-refractivity contribution is 5.11. The molecule has 0 bridgehead atoms. The minimum Gasteiger partial charge on any atom is -0.350 e. The maximum absolute atomic E-state index is 5.49.